The minimum atomic E-state index is 0.0635. The zero-order valence-corrected chi connectivity index (χ0v) is 17.4. The van der Waals surface area contributed by atoms with Gasteiger partial charge in [-0.1, -0.05) is 30.3 Å². The van der Waals surface area contributed by atoms with Gasteiger partial charge in [0.05, 0.1) is 5.39 Å². The molecule has 6 nitrogen and oxygen atoms in total. The maximum atomic E-state index is 12.2. The summed E-state index contributed by atoms with van der Waals surface area (Å²) in [6.07, 6.45) is 4.88. The van der Waals surface area contributed by atoms with Crippen molar-refractivity contribution >= 4 is 33.3 Å². The Morgan fingerprint density at radius 1 is 1.10 bits per heavy atom. The lowest BCUT2D eigenvalue weighted by atomic mass is 10.0. The smallest absolute Gasteiger partial charge is 0.224 e. The van der Waals surface area contributed by atoms with Gasteiger partial charge in [0.2, 0.25) is 5.91 Å². The Kier molecular flexibility index (Phi) is 4.88. The van der Waals surface area contributed by atoms with Crippen molar-refractivity contribution in [2.75, 3.05) is 18.9 Å². The molecule has 1 saturated heterocycles. The van der Waals surface area contributed by atoms with Crippen LogP contribution < -0.4 is 5.32 Å². The normalized spacial score (nSPS) is 16.8. The Labute approximate surface area is 178 Å². The van der Waals surface area contributed by atoms with Crippen molar-refractivity contribution in [1.29, 1.82) is 0 Å². The first-order valence-corrected chi connectivity index (χ1v) is 10.8. The van der Waals surface area contributed by atoms with Gasteiger partial charge in [0.1, 0.15) is 10.6 Å². The van der Waals surface area contributed by atoms with E-state index < -0.39 is 0 Å². The number of hydrogen-bond donors (Lipinski definition) is 1. The Bertz CT molecular complexity index is 1190. The molecule has 150 valence electrons. The minimum absolute atomic E-state index is 0.0635. The third-order valence-electron chi connectivity index (χ3n) is 5.37. The van der Waals surface area contributed by atoms with Crippen LogP contribution in [0, 0.1) is 0 Å². The summed E-state index contributed by atoms with van der Waals surface area (Å²) in [5.74, 6) is 1.57. The zero-order valence-electron chi connectivity index (χ0n) is 16.6. The Balaban J connectivity index is 1.59. The van der Waals surface area contributed by atoms with Crippen LogP contribution >= 0.6 is 11.3 Å². The molecule has 4 aromatic rings. The number of pyridine rings is 1. The highest BCUT2D eigenvalue weighted by Crippen LogP contribution is 2.37. The summed E-state index contributed by atoms with van der Waals surface area (Å²) in [5, 5.41) is 4.52. The first-order valence-electron chi connectivity index (χ1n) is 9.95. The second-order valence-electron chi connectivity index (χ2n) is 7.48. The highest BCUT2D eigenvalue weighted by molar-refractivity contribution is 7.21. The van der Waals surface area contributed by atoms with E-state index in [9.17, 15) is 4.79 Å². The summed E-state index contributed by atoms with van der Waals surface area (Å²) in [5.41, 5.74) is 2.03. The molecule has 5 rings (SSSR count). The zero-order chi connectivity index (χ0) is 20.5. The lowest BCUT2D eigenvalue weighted by Gasteiger charge is -2.29. The van der Waals surface area contributed by atoms with Crippen molar-refractivity contribution in [3.63, 3.8) is 0 Å². The molecule has 1 amide bonds. The van der Waals surface area contributed by atoms with Gasteiger partial charge in [0.25, 0.3) is 0 Å². The number of carbonyl (C=O) groups excluding carboxylic acids is 1. The number of aromatic nitrogens is 3. The van der Waals surface area contributed by atoms with E-state index >= 15 is 0 Å². The van der Waals surface area contributed by atoms with Crippen molar-refractivity contribution < 1.29 is 4.79 Å². The van der Waals surface area contributed by atoms with Gasteiger partial charge in [0.15, 0.2) is 5.82 Å². The number of likely N-dealkylation sites (tertiary alicyclic amines) is 1. The molecule has 1 unspecified atom stereocenters. The lowest BCUT2D eigenvalue weighted by Crippen LogP contribution is -2.41. The second kappa shape index (κ2) is 7.84. The molecule has 1 aliphatic rings. The Morgan fingerprint density at radius 3 is 2.70 bits per heavy atom. The van der Waals surface area contributed by atoms with Crippen molar-refractivity contribution in [3.8, 4) is 21.8 Å². The van der Waals surface area contributed by atoms with Gasteiger partial charge in [-0.2, -0.15) is 0 Å². The Hall–Kier alpha value is -3.32. The molecule has 1 atom stereocenters. The summed E-state index contributed by atoms with van der Waals surface area (Å²) in [6.45, 7) is 0.749. The van der Waals surface area contributed by atoms with Crippen molar-refractivity contribution in [2.45, 2.75) is 18.9 Å². The van der Waals surface area contributed by atoms with E-state index in [0.717, 1.165) is 45.0 Å². The maximum Gasteiger partial charge on any atom is 0.224 e. The predicted molar refractivity (Wildman–Crippen MR) is 120 cm³/mol. The highest BCUT2D eigenvalue weighted by Gasteiger charge is 2.25. The molecule has 1 aliphatic heterocycles. The molecule has 0 spiro atoms. The monoisotopic (exact) mass is 415 g/mol. The standard InChI is InChI=1S/C23H21N5OS/c1-28-11-9-17(12-20(28)29)25-22-18-13-19(15-6-3-2-4-7-15)30-23(18)27-21(26-22)16-8-5-10-24-14-16/h2-8,10,13-14,17H,9,11-12H2,1H3,(H,25,26,27). The number of nitrogens with one attached hydrogen (secondary N) is 1. The fraction of sp³-hybridized carbons (Fsp3) is 0.217. The second-order valence-corrected chi connectivity index (χ2v) is 8.51. The first kappa shape index (κ1) is 18.7. The number of hydrogen-bond acceptors (Lipinski definition) is 6. The number of piperidine rings is 1. The number of anilines is 1. The largest absolute Gasteiger partial charge is 0.366 e. The van der Waals surface area contributed by atoms with Crippen LogP contribution in [0.1, 0.15) is 12.8 Å². The van der Waals surface area contributed by atoms with Crippen molar-refractivity contribution in [3.05, 3.63) is 60.9 Å². The molecule has 7 heteroatoms. The molecule has 1 N–H and O–H groups in total. The van der Waals surface area contributed by atoms with Gasteiger partial charge in [-0.25, -0.2) is 9.97 Å². The third-order valence-corrected chi connectivity index (χ3v) is 6.45. The van der Waals surface area contributed by atoms with E-state index in [-0.39, 0.29) is 11.9 Å². The number of thiophene rings is 1. The van der Waals surface area contributed by atoms with E-state index in [2.05, 4.69) is 28.5 Å². The number of benzene rings is 1. The van der Waals surface area contributed by atoms with E-state index in [4.69, 9.17) is 9.97 Å². The molecular weight excluding hydrogens is 394 g/mol. The molecule has 30 heavy (non-hydrogen) atoms. The van der Waals surface area contributed by atoms with Gasteiger partial charge in [-0.15, -0.1) is 11.3 Å². The Morgan fingerprint density at radius 2 is 1.93 bits per heavy atom. The number of fused-ring (bicyclic) bond motifs is 1. The fourth-order valence-electron chi connectivity index (χ4n) is 3.66. The average molecular weight is 416 g/mol. The van der Waals surface area contributed by atoms with Crippen LogP contribution in [-0.2, 0) is 4.79 Å². The summed E-state index contributed by atoms with van der Waals surface area (Å²) < 4.78 is 0. The third kappa shape index (κ3) is 3.64. The van der Waals surface area contributed by atoms with Gasteiger partial charge < -0.3 is 10.2 Å². The van der Waals surface area contributed by atoms with E-state index in [1.807, 2.05) is 37.4 Å². The summed E-state index contributed by atoms with van der Waals surface area (Å²) >= 11 is 1.65. The number of amides is 1. The van der Waals surface area contributed by atoms with Crippen LogP contribution in [0.3, 0.4) is 0 Å². The van der Waals surface area contributed by atoms with Crippen LogP contribution in [0.4, 0.5) is 5.82 Å². The summed E-state index contributed by atoms with van der Waals surface area (Å²) in [6, 6.07) is 16.3. The first-order chi connectivity index (χ1) is 14.7. The van der Waals surface area contributed by atoms with Gasteiger partial charge in [0, 0.05) is 48.9 Å². The number of rotatable bonds is 4. The molecule has 1 fully saturated rings. The predicted octanol–water partition coefficient (Wildman–Crippen LogP) is 4.45. The minimum Gasteiger partial charge on any atom is -0.366 e. The van der Waals surface area contributed by atoms with Crippen molar-refractivity contribution in [1.82, 2.24) is 19.9 Å². The lowest BCUT2D eigenvalue weighted by molar-refractivity contribution is -0.132. The molecule has 0 bridgehead atoms. The molecule has 3 aromatic heterocycles. The highest BCUT2D eigenvalue weighted by atomic mass is 32.1. The van der Waals surface area contributed by atoms with E-state index in [1.54, 1.807) is 28.6 Å². The van der Waals surface area contributed by atoms with Crippen LogP contribution in [0.5, 0.6) is 0 Å². The molecule has 0 radical (unpaired) electrons. The average Bonchev–Trinajstić information content (AvgIpc) is 3.22. The van der Waals surface area contributed by atoms with Gasteiger partial charge in [-0.3, -0.25) is 9.78 Å². The maximum absolute atomic E-state index is 12.2. The molecule has 4 heterocycles. The van der Waals surface area contributed by atoms with Crippen LogP contribution in [-0.4, -0.2) is 45.4 Å². The van der Waals surface area contributed by atoms with E-state index in [0.29, 0.717) is 12.2 Å². The van der Waals surface area contributed by atoms with Crippen LogP contribution in [0.15, 0.2) is 60.9 Å². The SMILES string of the molecule is CN1CCC(Nc2nc(-c3cccnc3)nc3sc(-c4ccccc4)cc23)CC1=O. The van der Waals surface area contributed by atoms with Gasteiger partial charge >= 0.3 is 0 Å². The number of carbonyl (C=O) groups is 1. The molecule has 1 aromatic carbocycles. The van der Waals surface area contributed by atoms with Gasteiger partial charge in [-0.05, 0) is 30.2 Å². The molecule has 0 aliphatic carbocycles. The van der Waals surface area contributed by atoms with E-state index in [1.165, 1.54) is 0 Å². The van der Waals surface area contributed by atoms with Crippen LogP contribution in [0.2, 0.25) is 0 Å². The molecular formula is C23H21N5OS. The number of nitrogens with zero attached hydrogens (tertiary/aromatic N) is 4. The summed E-state index contributed by atoms with van der Waals surface area (Å²) in [7, 11) is 1.85. The quantitative estimate of drug-likeness (QED) is 0.533. The molecule has 0 saturated carbocycles. The van der Waals surface area contributed by atoms with Crippen molar-refractivity contribution in [2.24, 2.45) is 0 Å². The van der Waals surface area contributed by atoms with Crippen LogP contribution in [0.25, 0.3) is 32.0 Å². The fourth-order valence-corrected chi connectivity index (χ4v) is 4.70. The summed E-state index contributed by atoms with van der Waals surface area (Å²) in [4.78, 5) is 29.9. The topological polar surface area (TPSA) is 71.0 Å².